The van der Waals surface area contributed by atoms with Gasteiger partial charge >= 0.3 is 6.03 Å². The molecule has 3 fully saturated rings. The fourth-order valence-electron chi connectivity index (χ4n) is 6.19. The van der Waals surface area contributed by atoms with Crippen LogP contribution < -0.4 is 5.32 Å². The number of piperidine rings is 1. The molecule has 1 N–H and O–H groups in total. The van der Waals surface area contributed by atoms with E-state index >= 15 is 0 Å². The molecule has 7 heteroatoms. The lowest BCUT2D eigenvalue weighted by Gasteiger charge is -2.44. The summed E-state index contributed by atoms with van der Waals surface area (Å²) < 4.78 is 0. The quantitative estimate of drug-likeness (QED) is 0.790. The highest BCUT2D eigenvalue weighted by Gasteiger charge is 2.64. The van der Waals surface area contributed by atoms with E-state index in [1.54, 1.807) is 17.0 Å². The minimum atomic E-state index is -0.243. The average Bonchev–Trinajstić information content (AvgIpc) is 3.26. The lowest BCUT2D eigenvalue weighted by molar-refractivity contribution is -0.141. The SMILES string of the molecule is CCN1C[C@@H]2C3(CCN(C(=O)Nc4ccc(Cl)cc4)CC3)CC[C@]2(C(=O)N(C)C)C1. The maximum absolute atomic E-state index is 13.3. The van der Waals surface area contributed by atoms with E-state index < -0.39 is 0 Å². The highest BCUT2D eigenvalue weighted by molar-refractivity contribution is 6.30. The molecule has 4 rings (SSSR count). The van der Waals surface area contributed by atoms with Crippen molar-refractivity contribution in [3.63, 3.8) is 0 Å². The van der Waals surface area contributed by atoms with E-state index in [9.17, 15) is 9.59 Å². The van der Waals surface area contributed by atoms with Crippen LogP contribution in [0.25, 0.3) is 0 Å². The number of carbonyl (C=O) groups excluding carboxylic acids is 2. The number of likely N-dealkylation sites (tertiary alicyclic amines) is 2. The summed E-state index contributed by atoms with van der Waals surface area (Å²) in [6.45, 7) is 6.55. The first-order valence-electron chi connectivity index (χ1n) is 11.1. The number of hydrogen-bond acceptors (Lipinski definition) is 3. The number of benzene rings is 1. The van der Waals surface area contributed by atoms with Gasteiger partial charge in [-0.1, -0.05) is 18.5 Å². The van der Waals surface area contributed by atoms with E-state index in [2.05, 4.69) is 17.1 Å². The molecule has 3 aliphatic rings. The third kappa shape index (κ3) is 3.58. The third-order valence-electron chi connectivity index (χ3n) is 7.84. The Hall–Kier alpha value is -1.79. The van der Waals surface area contributed by atoms with Gasteiger partial charge in [0.15, 0.2) is 0 Å². The molecule has 0 radical (unpaired) electrons. The Labute approximate surface area is 184 Å². The van der Waals surface area contributed by atoms with Crippen LogP contribution in [0.5, 0.6) is 0 Å². The summed E-state index contributed by atoms with van der Waals surface area (Å²) in [5, 5.41) is 3.64. The van der Waals surface area contributed by atoms with Gasteiger partial charge in [-0.15, -0.1) is 0 Å². The Balaban J connectivity index is 1.45. The van der Waals surface area contributed by atoms with Gasteiger partial charge in [-0.25, -0.2) is 4.79 Å². The summed E-state index contributed by atoms with van der Waals surface area (Å²) >= 11 is 5.93. The highest BCUT2D eigenvalue weighted by Crippen LogP contribution is 2.62. The first-order chi connectivity index (χ1) is 14.3. The number of halogens is 1. The molecule has 1 aromatic carbocycles. The van der Waals surface area contributed by atoms with Crippen molar-refractivity contribution in [3.8, 4) is 0 Å². The number of nitrogens with zero attached hydrogens (tertiary/aromatic N) is 3. The average molecular weight is 433 g/mol. The second kappa shape index (κ2) is 8.04. The lowest BCUT2D eigenvalue weighted by atomic mass is 9.65. The Morgan fingerprint density at radius 1 is 1.13 bits per heavy atom. The maximum atomic E-state index is 13.3. The summed E-state index contributed by atoms with van der Waals surface area (Å²) in [7, 11) is 3.77. The molecule has 1 aliphatic carbocycles. The van der Waals surface area contributed by atoms with Gasteiger partial charge in [0.2, 0.25) is 5.91 Å². The van der Waals surface area contributed by atoms with E-state index in [0.29, 0.717) is 16.8 Å². The zero-order valence-electron chi connectivity index (χ0n) is 18.3. The topological polar surface area (TPSA) is 55.9 Å². The molecular weight excluding hydrogens is 400 g/mol. The molecule has 6 nitrogen and oxygen atoms in total. The van der Waals surface area contributed by atoms with E-state index in [4.69, 9.17) is 11.6 Å². The van der Waals surface area contributed by atoms with Crippen LogP contribution in [0.4, 0.5) is 10.5 Å². The highest BCUT2D eigenvalue weighted by atomic mass is 35.5. The predicted molar refractivity (Wildman–Crippen MR) is 120 cm³/mol. The van der Waals surface area contributed by atoms with Gasteiger partial charge in [-0.3, -0.25) is 4.79 Å². The summed E-state index contributed by atoms with van der Waals surface area (Å²) in [6.07, 6.45) is 4.03. The molecule has 2 saturated heterocycles. The molecule has 0 aromatic heterocycles. The number of urea groups is 1. The summed E-state index contributed by atoms with van der Waals surface area (Å²) in [5.41, 5.74) is 0.690. The van der Waals surface area contributed by atoms with Crippen molar-refractivity contribution in [3.05, 3.63) is 29.3 Å². The lowest BCUT2D eigenvalue weighted by Crippen LogP contribution is -2.50. The Bertz CT molecular complexity index is 804. The van der Waals surface area contributed by atoms with E-state index in [0.717, 1.165) is 64.1 Å². The van der Waals surface area contributed by atoms with Crippen LogP contribution in [0, 0.1) is 16.7 Å². The first-order valence-corrected chi connectivity index (χ1v) is 11.4. The van der Waals surface area contributed by atoms with Crippen LogP contribution in [-0.2, 0) is 4.79 Å². The normalized spacial score (nSPS) is 27.9. The van der Waals surface area contributed by atoms with Crippen molar-refractivity contribution in [2.24, 2.45) is 16.7 Å². The van der Waals surface area contributed by atoms with Crippen molar-refractivity contribution < 1.29 is 9.59 Å². The number of amides is 3. The van der Waals surface area contributed by atoms with Crippen LogP contribution in [0.3, 0.4) is 0 Å². The third-order valence-corrected chi connectivity index (χ3v) is 8.09. The largest absolute Gasteiger partial charge is 0.348 e. The molecule has 2 aliphatic heterocycles. The van der Waals surface area contributed by atoms with Gasteiger partial charge < -0.3 is 20.0 Å². The fourth-order valence-corrected chi connectivity index (χ4v) is 6.31. The maximum Gasteiger partial charge on any atom is 0.321 e. The molecule has 2 atom stereocenters. The molecular formula is C23H33ClN4O2. The monoisotopic (exact) mass is 432 g/mol. The molecule has 1 aromatic rings. The number of carbonyl (C=O) groups is 2. The first kappa shape index (κ1) is 21.4. The van der Waals surface area contributed by atoms with Gasteiger partial charge in [0.1, 0.15) is 0 Å². The Morgan fingerprint density at radius 3 is 2.40 bits per heavy atom. The zero-order valence-corrected chi connectivity index (χ0v) is 19.0. The van der Waals surface area contributed by atoms with E-state index in [1.807, 2.05) is 31.1 Å². The van der Waals surface area contributed by atoms with Crippen molar-refractivity contribution in [2.45, 2.75) is 32.6 Å². The molecule has 3 amide bonds. The second-order valence-electron chi connectivity index (χ2n) is 9.52. The molecule has 1 spiro atoms. The van der Waals surface area contributed by atoms with Crippen molar-refractivity contribution in [1.29, 1.82) is 0 Å². The van der Waals surface area contributed by atoms with Gasteiger partial charge in [-0.05, 0) is 67.8 Å². The van der Waals surface area contributed by atoms with Crippen LogP contribution >= 0.6 is 11.6 Å². The van der Waals surface area contributed by atoms with Crippen molar-refractivity contribution in [2.75, 3.05) is 52.1 Å². The smallest absolute Gasteiger partial charge is 0.321 e. The predicted octanol–water partition coefficient (Wildman–Crippen LogP) is 3.77. The van der Waals surface area contributed by atoms with Crippen LogP contribution in [0.2, 0.25) is 5.02 Å². The van der Waals surface area contributed by atoms with Crippen molar-refractivity contribution >= 4 is 29.2 Å². The van der Waals surface area contributed by atoms with Gasteiger partial charge in [0.05, 0.1) is 5.41 Å². The van der Waals surface area contributed by atoms with Crippen LogP contribution in [0.1, 0.15) is 32.6 Å². The number of nitrogens with one attached hydrogen (secondary N) is 1. The number of hydrogen-bond donors (Lipinski definition) is 1. The minimum absolute atomic E-state index is 0.0533. The molecule has 164 valence electrons. The molecule has 0 unspecified atom stereocenters. The number of anilines is 1. The number of fused-ring (bicyclic) bond motifs is 2. The van der Waals surface area contributed by atoms with Crippen molar-refractivity contribution in [1.82, 2.24) is 14.7 Å². The summed E-state index contributed by atoms with van der Waals surface area (Å²) in [5.74, 6) is 0.685. The Morgan fingerprint density at radius 2 is 1.80 bits per heavy atom. The van der Waals surface area contributed by atoms with Gasteiger partial charge in [0.25, 0.3) is 0 Å². The fraction of sp³-hybridized carbons (Fsp3) is 0.652. The molecule has 0 bridgehead atoms. The van der Waals surface area contributed by atoms with Crippen LogP contribution in [0.15, 0.2) is 24.3 Å². The molecule has 30 heavy (non-hydrogen) atoms. The van der Waals surface area contributed by atoms with Crippen LogP contribution in [-0.4, -0.2) is 73.5 Å². The molecule has 2 heterocycles. The summed E-state index contributed by atoms with van der Waals surface area (Å²) in [6, 6.07) is 7.15. The van der Waals surface area contributed by atoms with E-state index in [-0.39, 0.29) is 16.9 Å². The van der Waals surface area contributed by atoms with Gasteiger partial charge in [0, 0.05) is 51.0 Å². The van der Waals surface area contributed by atoms with E-state index in [1.165, 1.54) is 0 Å². The minimum Gasteiger partial charge on any atom is -0.348 e. The number of rotatable bonds is 3. The summed E-state index contributed by atoms with van der Waals surface area (Å²) in [4.78, 5) is 32.2. The second-order valence-corrected chi connectivity index (χ2v) is 9.96. The molecule has 1 saturated carbocycles. The Kier molecular flexibility index (Phi) is 5.75. The van der Waals surface area contributed by atoms with Gasteiger partial charge in [-0.2, -0.15) is 0 Å². The standard InChI is InChI=1S/C23H33ClN4O2/c1-4-27-15-19-22(9-10-23(19,16-27)20(29)26(2)3)11-13-28(14-12-22)21(30)25-18-7-5-17(24)6-8-18/h5-8,19H,4,9-16H2,1-3H3,(H,25,30)/t19-,23+/m1/s1. The zero-order chi connectivity index (χ0) is 21.5.